The summed E-state index contributed by atoms with van der Waals surface area (Å²) in [5, 5.41) is 12.1. The molecular formula is C14H18F3NO3. The van der Waals surface area contributed by atoms with Crippen molar-refractivity contribution in [3.05, 3.63) is 35.4 Å². The van der Waals surface area contributed by atoms with Crippen LogP contribution in [0.25, 0.3) is 0 Å². The molecule has 0 bridgehead atoms. The molecule has 0 fully saturated rings. The van der Waals surface area contributed by atoms with Crippen LogP contribution < -0.4 is 5.32 Å². The maximum Gasteiger partial charge on any atom is 0.416 e. The van der Waals surface area contributed by atoms with Gasteiger partial charge in [-0.05, 0) is 32.4 Å². The number of hydrogen-bond acceptors (Lipinski definition) is 3. The van der Waals surface area contributed by atoms with E-state index in [1.807, 2.05) is 0 Å². The Morgan fingerprint density at radius 3 is 2.38 bits per heavy atom. The van der Waals surface area contributed by atoms with Crippen LogP contribution in [0.2, 0.25) is 0 Å². The van der Waals surface area contributed by atoms with Crippen LogP contribution in [0.5, 0.6) is 0 Å². The number of amides is 1. The van der Waals surface area contributed by atoms with Crippen molar-refractivity contribution in [2.24, 2.45) is 0 Å². The van der Waals surface area contributed by atoms with Crippen molar-refractivity contribution in [1.29, 1.82) is 0 Å². The molecule has 0 radical (unpaired) electrons. The third-order valence-corrected chi connectivity index (χ3v) is 2.46. The zero-order valence-corrected chi connectivity index (χ0v) is 12.0. The highest BCUT2D eigenvalue weighted by Gasteiger charge is 2.34. The molecule has 2 N–H and O–H groups in total. The Morgan fingerprint density at radius 1 is 1.29 bits per heavy atom. The number of nitrogens with one attached hydrogen (secondary N) is 1. The minimum Gasteiger partial charge on any atom is -0.444 e. The molecule has 1 aromatic rings. The van der Waals surface area contributed by atoms with E-state index in [9.17, 15) is 23.1 Å². The number of alkyl halides is 3. The summed E-state index contributed by atoms with van der Waals surface area (Å²) in [7, 11) is 0. The van der Waals surface area contributed by atoms with E-state index in [1.165, 1.54) is 18.2 Å². The summed E-state index contributed by atoms with van der Waals surface area (Å²) in [5.74, 6) is 0. The highest BCUT2D eigenvalue weighted by atomic mass is 19.4. The van der Waals surface area contributed by atoms with Gasteiger partial charge < -0.3 is 15.2 Å². The summed E-state index contributed by atoms with van der Waals surface area (Å²) in [6, 6.07) is 4.68. The Kier molecular flexibility index (Phi) is 5.22. The van der Waals surface area contributed by atoms with Gasteiger partial charge in [-0.2, -0.15) is 13.2 Å². The van der Waals surface area contributed by atoms with E-state index in [1.54, 1.807) is 20.8 Å². The van der Waals surface area contributed by atoms with Gasteiger partial charge in [-0.15, -0.1) is 0 Å². The summed E-state index contributed by atoms with van der Waals surface area (Å²) in [6.45, 7) is 4.59. The summed E-state index contributed by atoms with van der Waals surface area (Å²) in [6.07, 6.45) is -6.84. The monoisotopic (exact) mass is 305 g/mol. The molecule has 1 unspecified atom stereocenters. The second-order valence-electron chi connectivity index (χ2n) is 5.48. The molecule has 1 rings (SSSR count). The molecule has 1 atom stereocenters. The van der Waals surface area contributed by atoms with Crippen LogP contribution in [-0.4, -0.2) is 23.3 Å². The van der Waals surface area contributed by atoms with Crippen LogP contribution in [0.3, 0.4) is 0 Å². The maximum absolute atomic E-state index is 12.8. The molecule has 0 saturated carbocycles. The first-order valence-electron chi connectivity index (χ1n) is 6.32. The molecule has 0 aromatic heterocycles. The number of benzene rings is 1. The lowest BCUT2D eigenvalue weighted by molar-refractivity contribution is -0.139. The molecule has 1 aromatic carbocycles. The first kappa shape index (κ1) is 17.3. The molecule has 0 aliphatic heterocycles. The van der Waals surface area contributed by atoms with Crippen molar-refractivity contribution in [3.8, 4) is 0 Å². The Balaban J connectivity index is 2.73. The molecule has 4 nitrogen and oxygen atoms in total. The fraction of sp³-hybridized carbons (Fsp3) is 0.500. The number of carbonyl (C=O) groups is 1. The first-order valence-corrected chi connectivity index (χ1v) is 6.32. The van der Waals surface area contributed by atoms with Crippen molar-refractivity contribution < 1.29 is 27.8 Å². The van der Waals surface area contributed by atoms with E-state index in [-0.39, 0.29) is 12.1 Å². The topological polar surface area (TPSA) is 58.6 Å². The van der Waals surface area contributed by atoms with Crippen LogP contribution in [0.4, 0.5) is 18.0 Å². The Labute approximate surface area is 120 Å². The quantitative estimate of drug-likeness (QED) is 0.901. The van der Waals surface area contributed by atoms with Crippen LogP contribution in [-0.2, 0) is 10.9 Å². The number of ether oxygens (including phenoxy) is 1. The number of aliphatic hydroxyl groups excluding tert-OH is 1. The van der Waals surface area contributed by atoms with Gasteiger partial charge in [0.15, 0.2) is 0 Å². The van der Waals surface area contributed by atoms with Gasteiger partial charge in [0.2, 0.25) is 0 Å². The minimum atomic E-state index is -4.57. The van der Waals surface area contributed by atoms with Crippen molar-refractivity contribution >= 4 is 6.09 Å². The van der Waals surface area contributed by atoms with Gasteiger partial charge in [-0.25, -0.2) is 4.79 Å². The second kappa shape index (κ2) is 6.34. The molecule has 7 heteroatoms. The van der Waals surface area contributed by atoms with Gasteiger partial charge in [0.25, 0.3) is 0 Å². The highest BCUT2D eigenvalue weighted by Crippen LogP contribution is 2.34. The fourth-order valence-electron chi connectivity index (χ4n) is 1.65. The summed E-state index contributed by atoms with van der Waals surface area (Å²) in [4.78, 5) is 11.4. The van der Waals surface area contributed by atoms with E-state index in [4.69, 9.17) is 4.74 Å². The predicted octanol–water partition coefficient (Wildman–Crippen LogP) is 3.26. The van der Waals surface area contributed by atoms with Crippen molar-refractivity contribution in [2.45, 2.75) is 38.7 Å². The Bertz CT molecular complexity index is 495. The zero-order valence-electron chi connectivity index (χ0n) is 12.0. The lowest BCUT2D eigenvalue weighted by Gasteiger charge is -2.21. The lowest BCUT2D eigenvalue weighted by atomic mass is 10.0. The highest BCUT2D eigenvalue weighted by molar-refractivity contribution is 5.67. The van der Waals surface area contributed by atoms with E-state index in [0.717, 1.165) is 6.07 Å². The van der Waals surface area contributed by atoms with Crippen LogP contribution in [0.15, 0.2) is 24.3 Å². The van der Waals surface area contributed by atoms with E-state index in [2.05, 4.69) is 5.32 Å². The first-order chi connectivity index (χ1) is 9.50. The van der Waals surface area contributed by atoms with Crippen molar-refractivity contribution in [1.82, 2.24) is 5.32 Å². The molecular weight excluding hydrogens is 287 g/mol. The number of alkyl carbamates (subject to hydrolysis) is 1. The van der Waals surface area contributed by atoms with Gasteiger partial charge >= 0.3 is 12.3 Å². The van der Waals surface area contributed by atoms with Gasteiger partial charge in [-0.3, -0.25) is 0 Å². The van der Waals surface area contributed by atoms with Gasteiger partial charge in [0, 0.05) is 0 Å². The number of rotatable bonds is 3. The number of halogens is 3. The summed E-state index contributed by atoms with van der Waals surface area (Å²) < 4.78 is 43.4. The predicted molar refractivity (Wildman–Crippen MR) is 70.6 cm³/mol. The van der Waals surface area contributed by atoms with Crippen LogP contribution in [0.1, 0.15) is 38.0 Å². The minimum absolute atomic E-state index is 0.291. The summed E-state index contributed by atoms with van der Waals surface area (Å²) >= 11 is 0. The molecule has 1 amide bonds. The Hall–Kier alpha value is -1.76. The van der Waals surface area contributed by atoms with E-state index < -0.39 is 29.5 Å². The van der Waals surface area contributed by atoms with Crippen LogP contribution in [0, 0.1) is 0 Å². The second-order valence-corrected chi connectivity index (χ2v) is 5.48. The third kappa shape index (κ3) is 5.63. The number of hydrogen-bond donors (Lipinski definition) is 2. The smallest absolute Gasteiger partial charge is 0.416 e. The fourth-order valence-corrected chi connectivity index (χ4v) is 1.65. The molecule has 118 valence electrons. The maximum atomic E-state index is 12.8. The van der Waals surface area contributed by atoms with Crippen molar-refractivity contribution in [2.75, 3.05) is 6.54 Å². The van der Waals surface area contributed by atoms with Crippen molar-refractivity contribution in [3.63, 3.8) is 0 Å². The van der Waals surface area contributed by atoms with Gasteiger partial charge in [0.05, 0.1) is 18.2 Å². The number of carbonyl (C=O) groups excluding carboxylic acids is 1. The van der Waals surface area contributed by atoms with E-state index >= 15 is 0 Å². The summed E-state index contributed by atoms with van der Waals surface area (Å²) in [5.41, 5.74) is -1.94. The molecule has 21 heavy (non-hydrogen) atoms. The largest absolute Gasteiger partial charge is 0.444 e. The van der Waals surface area contributed by atoms with Gasteiger partial charge in [-0.1, -0.05) is 18.2 Å². The average Bonchev–Trinajstić information content (AvgIpc) is 2.33. The van der Waals surface area contributed by atoms with Crippen LogP contribution >= 0.6 is 0 Å². The molecule has 0 aliphatic rings. The molecule has 0 spiro atoms. The zero-order chi connectivity index (χ0) is 16.3. The Morgan fingerprint density at radius 2 is 1.86 bits per heavy atom. The third-order valence-electron chi connectivity index (χ3n) is 2.46. The average molecular weight is 305 g/mol. The van der Waals surface area contributed by atoms with Gasteiger partial charge in [0.1, 0.15) is 5.60 Å². The standard InChI is InChI=1S/C14H18F3NO3/c1-13(2,3)21-12(20)18-8-11(19)9-6-4-5-7-10(9)14(15,16)17/h4-7,11,19H,8H2,1-3H3,(H,18,20). The lowest BCUT2D eigenvalue weighted by Crippen LogP contribution is -2.35. The number of aliphatic hydroxyl groups is 1. The normalized spacial score (nSPS) is 13.7. The molecule has 0 saturated heterocycles. The SMILES string of the molecule is CC(C)(C)OC(=O)NCC(O)c1ccccc1C(F)(F)F. The molecule has 0 aliphatic carbocycles. The molecule has 0 heterocycles. The van der Waals surface area contributed by atoms with E-state index in [0.29, 0.717) is 0 Å².